The van der Waals surface area contributed by atoms with Gasteiger partial charge in [0.2, 0.25) is 0 Å². The summed E-state index contributed by atoms with van der Waals surface area (Å²) in [7, 11) is 0. The summed E-state index contributed by atoms with van der Waals surface area (Å²) in [6.07, 6.45) is 12.8. The number of rotatable bonds is 6. The number of hydrogen-bond acceptors (Lipinski definition) is 5. The minimum Gasteiger partial charge on any atom is -0.376 e. The topological polar surface area (TPSA) is 74.8 Å². The summed E-state index contributed by atoms with van der Waals surface area (Å²) in [5.74, 6) is 1.05. The van der Waals surface area contributed by atoms with Gasteiger partial charge in [0.15, 0.2) is 5.96 Å². The molecule has 0 saturated heterocycles. The molecule has 0 fully saturated rings. The lowest BCUT2D eigenvalue weighted by molar-refractivity contribution is 0.556. The van der Waals surface area contributed by atoms with Gasteiger partial charge in [-0.2, -0.15) is 0 Å². The largest absolute Gasteiger partial charge is 0.376 e. The Morgan fingerprint density at radius 2 is 1.95 bits per heavy atom. The van der Waals surface area contributed by atoms with Crippen LogP contribution < -0.4 is 16.4 Å². The summed E-state index contributed by atoms with van der Waals surface area (Å²) in [6, 6.07) is 20.7. The van der Waals surface area contributed by atoms with Gasteiger partial charge in [-0.15, -0.1) is 0 Å². The highest BCUT2D eigenvalue weighted by atomic mass is 15.1. The van der Waals surface area contributed by atoms with Gasteiger partial charge in [-0.05, 0) is 84.7 Å². The van der Waals surface area contributed by atoms with E-state index in [0.29, 0.717) is 18.4 Å². The van der Waals surface area contributed by atoms with E-state index in [2.05, 4.69) is 113 Å². The molecule has 0 saturated carbocycles. The van der Waals surface area contributed by atoms with E-state index in [9.17, 15) is 0 Å². The monoisotopic (exact) mass is 515 g/mol. The Bertz CT molecular complexity index is 1480. The Morgan fingerprint density at radius 3 is 2.77 bits per heavy atom. The third kappa shape index (κ3) is 5.26. The third-order valence-electron chi connectivity index (χ3n) is 8.24. The molecule has 198 valence electrons. The Labute approximate surface area is 231 Å². The molecular formula is C34H37N5. The highest BCUT2D eigenvalue weighted by Gasteiger charge is 2.25. The zero-order valence-electron chi connectivity index (χ0n) is 22.7. The van der Waals surface area contributed by atoms with E-state index in [1.54, 1.807) is 0 Å². The number of guanidine groups is 1. The molecule has 2 heterocycles. The predicted octanol–water partition coefficient (Wildman–Crippen LogP) is 6.44. The fourth-order valence-corrected chi connectivity index (χ4v) is 6.27. The maximum atomic E-state index is 6.15. The summed E-state index contributed by atoms with van der Waals surface area (Å²) in [4.78, 5) is 8.69. The molecule has 3 unspecified atom stereocenters. The fraction of sp³-hybridized carbons (Fsp3) is 0.294. The van der Waals surface area contributed by atoms with Crippen LogP contribution in [-0.2, 0) is 12.8 Å². The van der Waals surface area contributed by atoms with E-state index >= 15 is 0 Å². The van der Waals surface area contributed by atoms with Gasteiger partial charge in [-0.3, -0.25) is 9.98 Å². The first-order valence-electron chi connectivity index (χ1n) is 14.0. The lowest BCUT2D eigenvalue weighted by Gasteiger charge is -2.27. The van der Waals surface area contributed by atoms with Crippen LogP contribution in [0.5, 0.6) is 0 Å². The second kappa shape index (κ2) is 10.9. The average Bonchev–Trinajstić information content (AvgIpc) is 3.10. The molecule has 3 aromatic rings. The van der Waals surface area contributed by atoms with Crippen molar-refractivity contribution in [3.05, 3.63) is 112 Å². The summed E-state index contributed by atoms with van der Waals surface area (Å²) in [5.41, 5.74) is 17.7. The number of hydrogen-bond donors (Lipinski definition) is 3. The van der Waals surface area contributed by atoms with Gasteiger partial charge < -0.3 is 16.4 Å². The second-order valence-electron chi connectivity index (χ2n) is 11.0. The van der Waals surface area contributed by atoms with Gasteiger partial charge in [-0.1, -0.05) is 78.4 Å². The first-order valence-corrected chi connectivity index (χ1v) is 14.0. The molecule has 0 amide bonds. The standard InChI is InChI=1S/C34H37N5/c1-22-11-12-25-19-27-9-6-10-28(33(27)38-32(21-36-2)29(25)17-22)26-14-13-24(18-23-7-4-3-5-8-23)30(20-26)31-15-16-37-34(35)39-31/h3-7,9-14,17,20,23,31-32,38H,2,8,15-16,18-19,21H2,1H3,(H3,35,37,39). The molecule has 3 aromatic carbocycles. The SMILES string of the molecule is C=NCC1Nc2c(cccc2-c2ccc(CC3C=CC=CC3)c(C3CCN=C(N)N3)c2)Cc2ccc(C)cc21. The molecular weight excluding hydrogens is 478 g/mol. The van der Waals surface area contributed by atoms with Crippen LogP contribution in [0.2, 0.25) is 0 Å². The molecule has 0 aromatic heterocycles. The maximum absolute atomic E-state index is 6.15. The van der Waals surface area contributed by atoms with Crippen molar-refractivity contribution in [2.24, 2.45) is 21.6 Å². The quantitative estimate of drug-likeness (QED) is 0.331. The van der Waals surface area contributed by atoms with Crippen molar-refractivity contribution in [1.29, 1.82) is 0 Å². The van der Waals surface area contributed by atoms with Gasteiger partial charge in [0, 0.05) is 17.8 Å². The Kier molecular flexibility index (Phi) is 7.06. The van der Waals surface area contributed by atoms with Crippen molar-refractivity contribution in [3.8, 4) is 11.1 Å². The van der Waals surface area contributed by atoms with E-state index in [0.717, 1.165) is 32.2 Å². The highest BCUT2D eigenvalue weighted by Crippen LogP contribution is 2.40. The summed E-state index contributed by atoms with van der Waals surface area (Å²) < 4.78 is 0. The zero-order valence-corrected chi connectivity index (χ0v) is 22.7. The van der Waals surface area contributed by atoms with Gasteiger partial charge in [0.1, 0.15) is 0 Å². The van der Waals surface area contributed by atoms with Crippen molar-refractivity contribution in [2.45, 2.75) is 44.7 Å². The predicted molar refractivity (Wildman–Crippen MR) is 164 cm³/mol. The molecule has 3 aliphatic rings. The smallest absolute Gasteiger partial charge is 0.189 e. The van der Waals surface area contributed by atoms with Gasteiger partial charge >= 0.3 is 0 Å². The van der Waals surface area contributed by atoms with Gasteiger partial charge in [0.25, 0.3) is 0 Å². The van der Waals surface area contributed by atoms with Crippen LogP contribution in [0.1, 0.15) is 58.3 Å². The number of nitrogens with zero attached hydrogens (tertiary/aromatic N) is 2. The first-order chi connectivity index (χ1) is 19.1. The number of para-hydroxylation sites is 1. The number of nitrogens with one attached hydrogen (secondary N) is 2. The minimum atomic E-state index is 0.0840. The van der Waals surface area contributed by atoms with Gasteiger partial charge in [0.05, 0.1) is 18.6 Å². The van der Waals surface area contributed by atoms with Crippen LogP contribution in [0, 0.1) is 12.8 Å². The molecule has 5 nitrogen and oxygen atoms in total. The number of nitrogens with two attached hydrogens (primary N) is 1. The number of anilines is 1. The molecule has 39 heavy (non-hydrogen) atoms. The van der Waals surface area contributed by atoms with Crippen LogP contribution in [0.15, 0.2) is 88.9 Å². The molecule has 4 N–H and O–H groups in total. The van der Waals surface area contributed by atoms with Crippen molar-refractivity contribution in [3.63, 3.8) is 0 Å². The lowest BCUT2D eigenvalue weighted by Crippen LogP contribution is -2.39. The van der Waals surface area contributed by atoms with Crippen molar-refractivity contribution in [1.82, 2.24) is 5.32 Å². The number of allylic oxidation sites excluding steroid dienone is 4. The van der Waals surface area contributed by atoms with E-state index in [4.69, 9.17) is 5.73 Å². The van der Waals surface area contributed by atoms with E-state index in [1.165, 1.54) is 50.2 Å². The van der Waals surface area contributed by atoms with Crippen molar-refractivity contribution >= 4 is 18.4 Å². The normalized spacial score (nSPS) is 21.6. The minimum absolute atomic E-state index is 0.0840. The maximum Gasteiger partial charge on any atom is 0.189 e. The number of aryl methyl sites for hydroxylation is 1. The van der Waals surface area contributed by atoms with E-state index in [1.807, 2.05) is 0 Å². The Balaban J connectivity index is 1.42. The van der Waals surface area contributed by atoms with Crippen molar-refractivity contribution in [2.75, 3.05) is 18.4 Å². The zero-order chi connectivity index (χ0) is 26.8. The molecule has 5 heteroatoms. The Hall–Kier alpha value is -4.12. The molecule has 2 aliphatic heterocycles. The molecule has 3 atom stereocenters. The summed E-state index contributed by atoms with van der Waals surface area (Å²) >= 11 is 0. The molecule has 0 spiro atoms. The highest BCUT2D eigenvalue weighted by molar-refractivity contribution is 5.83. The summed E-state index contributed by atoms with van der Waals surface area (Å²) in [6.45, 7) is 7.35. The summed E-state index contributed by atoms with van der Waals surface area (Å²) in [5, 5.41) is 7.36. The van der Waals surface area contributed by atoms with E-state index in [-0.39, 0.29) is 12.1 Å². The van der Waals surface area contributed by atoms with Crippen LogP contribution in [0.3, 0.4) is 0 Å². The number of fused-ring (bicyclic) bond motifs is 2. The first kappa shape index (κ1) is 25.2. The fourth-order valence-electron chi connectivity index (χ4n) is 6.27. The molecule has 0 radical (unpaired) electrons. The third-order valence-corrected chi connectivity index (χ3v) is 8.24. The van der Waals surface area contributed by atoms with Crippen molar-refractivity contribution < 1.29 is 0 Å². The van der Waals surface area contributed by atoms with Crippen LogP contribution in [0.4, 0.5) is 5.69 Å². The molecule has 0 bridgehead atoms. The van der Waals surface area contributed by atoms with Crippen LogP contribution in [0.25, 0.3) is 11.1 Å². The molecule has 6 rings (SSSR count). The Morgan fingerprint density at radius 1 is 1.03 bits per heavy atom. The number of aliphatic imine (C=N–C) groups is 2. The van der Waals surface area contributed by atoms with Crippen LogP contribution in [-0.4, -0.2) is 25.8 Å². The van der Waals surface area contributed by atoms with E-state index < -0.39 is 0 Å². The number of benzene rings is 3. The van der Waals surface area contributed by atoms with Gasteiger partial charge in [-0.25, -0.2) is 0 Å². The lowest BCUT2D eigenvalue weighted by atomic mass is 9.86. The second-order valence-corrected chi connectivity index (χ2v) is 11.0. The van der Waals surface area contributed by atoms with Crippen LogP contribution >= 0.6 is 0 Å². The molecule has 1 aliphatic carbocycles. The average molecular weight is 516 g/mol.